The molecule has 0 saturated heterocycles. The maximum Gasteiger partial charge on any atom is 0.239 e. The molecular weight excluding hydrogens is 414 g/mol. The Balaban J connectivity index is 0. The van der Waals surface area contributed by atoms with Crippen LogP contribution in [0.1, 0.15) is 40.2 Å². The zero-order chi connectivity index (χ0) is 24.1. The number of benzene rings is 1. The molecule has 0 heterocycles. The second-order valence-electron chi connectivity index (χ2n) is 5.46. The van der Waals surface area contributed by atoms with Crippen molar-refractivity contribution in [3.05, 3.63) is 58.4 Å². The number of amides is 2. The summed E-state index contributed by atoms with van der Waals surface area (Å²) in [4.78, 5) is 30.6. The highest BCUT2D eigenvalue weighted by molar-refractivity contribution is 6.30. The molecule has 0 unspecified atom stereocenters. The van der Waals surface area contributed by atoms with Gasteiger partial charge < -0.3 is 16.0 Å². The molecule has 31 heavy (non-hydrogen) atoms. The van der Waals surface area contributed by atoms with Crippen LogP contribution in [-0.4, -0.2) is 44.9 Å². The number of nitrogens with zero attached hydrogens (tertiary/aromatic N) is 2. The zero-order valence-electron chi connectivity index (χ0n) is 19.6. The van der Waals surface area contributed by atoms with Crippen LogP contribution in [-0.2, 0) is 16.1 Å². The molecule has 1 aromatic carbocycles. The molecule has 0 aromatic heterocycles. The van der Waals surface area contributed by atoms with Crippen molar-refractivity contribution in [2.75, 3.05) is 20.6 Å². The number of hydrogen-bond donors (Lipinski definition) is 3. The fourth-order valence-electron chi connectivity index (χ4n) is 2.06. The molecule has 0 aliphatic carbocycles. The highest BCUT2D eigenvalue weighted by atomic mass is 35.5. The molecule has 8 heteroatoms. The van der Waals surface area contributed by atoms with Crippen LogP contribution in [0.5, 0.6) is 0 Å². The third-order valence-corrected chi connectivity index (χ3v) is 3.65. The third-order valence-electron chi connectivity index (χ3n) is 3.40. The van der Waals surface area contributed by atoms with Gasteiger partial charge in [-0.3, -0.25) is 19.6 Å². The molecule has 3 N–H and O–H groups in total. The second kappa shape index (κ2) is 20.3. The van der Waals surface area contributed by atoms with Crippen LogP contribution in [0.2, 0.25) is 5.02 Å². The highest BCUT2D eigenvalue weighted by Gasteiger charge is 2.04. The van der Waals surface area contributed by atoms with Gasteiger partial charge in [-0.2, -0.15) is 0 Å². The summed E-state index contributed by atoms with van der Waals surface area (Å²) in [6.07, 6.45) is 5.43. The van der Waals surface area contributed by atoms with Crippen molar-refractivity contribution in [3.8, 4) is 0 Å². The summed E-state index contributed by atoms with van der Waals surface area (Å²) in [6.45, 7) is 10.4. The fraction of sp³-hybridized carbons (Fsp3) is 0.391. The lowest BCUT2D eigenvalue weighted by Crippen LogP contribution is -2.32. The van der Waals surface area contributed by atoms with Crippen molar-refractivity contribution in [2.45, 2.75) is 41.2 Å². The Kier molecular flexibility index (Phi) is 19.9. The molecule has 172 valence electrons. The minimum absolute atomic E-state index is 0.125. The van der Waals surface area contributed by atoms with Crippen molar-refractivity contribution in [3.63, 3.8) is 0 Å². The molecule has 0 bridgehead atoms. The average Bonchev–Trinajstić information content (AvgIpc) is 2.81. The largest absolute Gasteiger partial charge is 0.380 e. The van der Waals surface area contributed by atoms with E-state index in [9.17, 15) is 9.59 Å². The van der Waals surface area contributed by atoms with Gasteiger partial charge >= 0.3 is 0 Å². The van der Waals surface area contributed by atoms with Crippen molar-refractivity contribution in [1.82, 2.24) is 16.0 Å². The van der Waals surface area contributed by atoms with Gasteiger partial charge in [0.1, 0.15) is 0 Å². The molecule has 0 saturated carbocycles. The first-order valence-corrected chi connectivity index (χ1v) is 10.6. The van der Waals surface area contributed by atoms with Gasteiger partial charge in [-0.05, 0) is 30.7 Å². The van der Waals surface area contributed by atoms with Gasteiger partial charge in [-0.15, -0.1) is 0 Å². The summed E-state index contributed by atoms with van der Waals surface area (Å²) in [6, 6.07) is 7.29. The number of halogens is 1. The van der Waals surface area contributed by atoms with E-state index < -0.39 is 0 Å². The van der Waals surface area contributed by atoms with E-state index in [0.717, 1.165) is 11.3 Å². The number of carbonyl (C=O) groups is 2. The SMILES string of the molecule is CC.CC.CN=C/C(=C\NC=O)C(/C=C(\C)NCC(=O)NCc1ccc(Cl)cc1)=NC. The maximum absolute atomic E-state index is 12.0. The van der Waals surface area contributed by atoms with Gasteiger partial charge in [0.25, 0.3) is 0 Å². The van der Waals surface area contributed by atoms with Crippen LogP contribution < -0.4 is 16.0 Å². The molecular formula is C23H36ClN5O2. The summed E-state index contributed by atoms with van der Waals surface area (Å²) in [7, 11) is 3.26. The van der Waals surface area contributed by atoms with Crippen LogP contribution in [0.15, 0.2) is 57.8 Å². The first kappa shape index (κ1) is 30.3. The van der Waals surface area contributed by atoms with E-state index in [-0.39, 0.29) is 12.5 Å². The Labute approximate surface area is 191 Å². The van der Waals surface area contributed by atoms with Gasteiger partial charge in [0.05, 0.1) is 12.3 Å². The van der Waals surface area contributed by atoms with Gasteiger partial charge in [0, 0.05) is 49.3 Å². The topological polar surface area (TPSA) is 95.0 Å². The van der Waals surface area contributed by atoms with E-state index in [4.69, 9.17) is 11.6 Å². The molecule has 1 rings (SSSR count). The Hall–Kier alpha value is -2.93. The number of rotatable bonds is 10. The predicted molar refractivity (Wildman–Crippen MR) is 133 cm³/mol. The number of aliphatic imine (C=N–C) groups is 2. The summed E-state index contributed by atoms with van der Waals surface area (Å²) in [5.41, 5.74) is 2.97. The normalized spacial score (nSPS) is 11.5. The van der Waals surface area contributed by atoms with E-state index in [1.807, 2.05) is 46.8 Å². The Morgan fingerprint density at radius 1 is 1.06 bits per heavy atom. The van der Waals surface area contributed by atoms with Crippen molar-refractivity contribution >= 4 is 35.8 Å². The molecule has 1 aromatic rings. The summed E-state index contributed by atoms with van der Waals surface area (Å²) in [5, 5.41) is 8.99. The molecule has 2 amide bonds. The number of hydrogen-bond acceptors (Lipinski definition) is 5. The van der Waals surface area contributed by atoms with Crippen LogP contribution in [0, 0.1) is 0 Å². The van der Waals surface area contributed by atoms with Gasteiger partial charge in [0.2, 0.25) is 12.3 Å². The second-order valence-corrected chi connectivity index (χ2v) is 5.90. The molecule has 0 aliphatic heterocycles. The minimum atomic E-state index is -0.138. The summed E-state index contributed by atoms with van der Waals surface area (Å²) in [5.74, 6) is -0.138. The number of carbonyl (C=O) groups excluding carboxylic acids is 2. The van der Waals surface area contributed by atoms with Gasteiger partial charge in [-0.1, -0.05) is 51.4 Å². The van der Waals surface area contributed by atoms with E-state index in [1.54, 1.807) is 38.5 Å². The van der Waals surface area contributed by atoms with Crippen molar-refractivity contribution in [2.24, 2.45) is 9.98 Å². The maximum atomic E-state index is 12.0. The smallest absolute Gasteiger partial charge is 0.239 e. The minimum Gasteiger partial charge on any atom is -0.380 e. The molecule has 0 spiro atoms. The standard InChI is InChI=1S/C19H24ClN5O2.2C2H6/c1-14(8-18(22-3)16(10-21-2)11-23-13-26)24-12-19(27)25-9-15-4-6-17(20)7-5-15;2*1-2/h4-8,10-11,13,24H,9,12H2,1-3H3,(H,23,26)(H,25,27);2*1-2H3/b14-8+,16-11+,21-10?,22-18?;;. The molecule has 0 aliphatic rings. The predicted octanol–water partition coefficient (Wildman–Crippen LogP) is 3.90. The highest BCUT2D eigenvalue weighted by Crippen LogP contribution is 2.09. The first-order valence-electron chi connectivity index (χ1n) is 10.2. The Bertz CT molecular complexity index is 754. The summed E-state index contributed by atoms with van der Waals surface area (Å²) < 4.78 is 0. The van der Waals surface area contributed by atoms with E-state index in [0.29, 0.717) is 29.3 Å². The molecule has 0 atom stereocenters. The lowest BCUT2D eigenvalue weighted by atomic mass is 10.1. The van der Waals surface area contributed by atoms with Gasteiger partial charge in [0.15, 0.2) is 0 Å². The van der Waals surface area contributed by atoms with E-state index in [1.165, 1.54) is 6.20 Å². The quantitative estimate of drug-likeness (QED) is 0.373. The zero-order valence-corrected chi connectivity index (χ0v) is 20.4. The number of allylic oxidation sites excluding steroid dienone is 3. The molecule has 0 fully saturated rings. The lowest BCUT2D eigenvalue weighted by Gasteiger charge is -2.09. The van der Waals surface area contributed by atoms with E-state index in [2.05, 4.69) is 25.9 Å². The Morgan fingerprint density at radius 2 is 1.68 bits per heavy atom. The van der Waals surface area contributed by atoms with Crippen LogP contribution in [0.25, 0.3) is 0 Å². The monoisotopic (exact) mass is 449 g/mol. The average molecular weight is 450 g/mol. The molecule has 0 radical (unpaired) electrons. The van der Waals surface area contributed by atoms with Crippen LogP contribution in [0.4, 0.5) is 0 Å². The lowest BCUT2D eigenvalue weighted by molar-refractivity contribution is -0.120. The van der Waals surface area contributed by atoms with Crippen LogP contribution >= 0.6 is 11.6 Å². The number of nitrogens with one attached hydrogen (secondary N) is 3. The third kappa shape index (κ3) is 14.7. The van der Waals surface area contributed by atoms with Crippen LogP contribution in [0.3, 0.4) is 0 Å². The van der Waals surface area contributed by atoms with Crippen molar-refractivity contribution in [1.29, 1.82) is 0 Å². The van der Waals surface area contributed by atoms with E-state index >= 15 is 0 Å². The fourth-order valence-corrected chi connectivity index (χ4v) is 2.18. The first-order chi connectivity index (χ1) is 15.0. The van der Waals surface area contributed by atoms with Crippen molar-refractivity contribution < 1.29 is 9.59 Å². The summed E-state index contributed by atoms with van der Waals surface area (Å²) >= 11 is 5.84. The van der Waals surface area contributed by atoms with Gasteiger partial charge in [-0.25, -0.2) is 0 Å². The molecule has 7 nitrogen and oxygen atoms in total. The Morgan fingerprint density at radius 3 is 2.19 bits per heavy atom.